The lowest BCUT2D eigenvalue weighted by molar-refractivity contribution is 0.0596. The maximum absolute atomic E-state index is 13.0. The van der Waals surface area contributed by atoms with Gasteiger partial charge in [0.1, 0.15) is 10.7 Å². The molecule has 0 unspecified atom stereocenters. The SMILES string of the molecule is COC(=O)c1ccccc1S(=O)(=O)N(Cc1nc(C)nc(OC)n1)C(N)=O. The van der Waals surface area contributed by atoms with Gasteiger partial charge < -0.3 is 15.2 Å². The van der Waals surface area contributed by atoms with E-state index in [1.807, 2.05) is 0 Å². The summed E-state index contributed by atoms with van der Waals surface area (Å²) in [5.41, 5.74) is 5.02. The van der Waals surface area contributed by atoms with E-state index in [0.29, 0.717) is 4.31 Å². The molecule has 0 bridgehead atoms. The van der Waals surface area contributed by atoms with E-state index in [0.717, 1.165) is 13.2 Å². The van der Waals surface area contributed by atoms with Crippen molar-refractivity contribution in [3.63, 3.8) is 0 Å². The molecule has 0 fully saturated rings. The highest BCUT2D eigenvalue weighted by atomic mass is 32.2. The molecule has 2 aromatic rings. The van der Waals surface area contributed by atoms with Crippen molar-refractivity contribution in [2.75, 3.05) is 14.2 Å². The van der Waals surface area contributed by atoms with Gasteiger partial charge in [0.05, 0.1) is 26.3 Å². The molecule has 0 aliphatic carbocycles. The third kappa shape index (κ3) is 4.28. The quantitative estimate of drug-likeness (QED) is 0.677. The van der Waals surface area contributed by atoms with E-state index in [1.54, 1.807) is 6.92 Å². The van der Waals surface area contributed by atoms with Crippen molar-refractivity contribution in [2.24, 2.45) is 5.73 Å². The molecular formula is C15H17N5O6S. The minimum atomic E-state index is -4.50. The topological polar surface area (TPSA) is 155 Å². The number of primary amides is 1. The summed E-state index contributed by atoms with van der Waals surface area (Å²) in [6.07, 6.45) is 0. The van der Waals surface area contributed by atoms with Gasteiger partial charge in [-0.1, -0.05) is 12.1 Å². The Balaban J connectivity index is 2.52. The molecule has 0 aliphatic rings. The minimum absolute atomic E-state index is 0.0470. The number of ether oxygens (including phenoxy) is 2. The highest BCUT2D eigenvalue weighted by Crippen LogP contribution is 2.22. The summed E-state index contributed by atoms with van der Waals surface area (Å²) >= 11 is 0. The van der Waals surface area contributed by atoms with E-state index in [-0.39, 0.29) is 23.2 Å². The number of nitrogens with zero attached hydrogens (tertiary/aromatic N) is 4. The molecule has 144 valence electrons. The van der Waals surface area contributed by atoms with E-state index in [2.05, 4.69) is 19.7 Å². The summed E-state index contributed by atoms with van der Waals surface area (Å²) in [6, 6.07) is 3.96. The Hall–Kier alpha value is -3.28. The molecule has 27 heavy (non-hydrogen) atoms. The normalized spacial score (nSPS) is 10.9. The zero-order valence-corrected chi connectivity index (χ0v) is 15.6. The first-order chi connectivity index (χ1) is 12.7. The standard InChI is InChI=1S/C15H17N5O6S/c1-9-17-12(19-15(18-9)26-3)8-20(14(16)22)27(23,24)11-7-5-4-6-10(11)13(21)25-2/h4-7H,8H2,1-3H3,(H2,16,22). The van der Waals surface area contributed by atoms with Crippen molar-refractivity contribution < 1.29 is 27.5 Å². The van der Waals surface area contributed by atoms with Gasteiger partial charge in [-0.2, -0.15) is 9.97 Å². The Morgan fingerprint density at radius 2 is 1.81 bits per heavy atom. The van der Waals surface area contributed by atoms with Gasteiger partial charge in [0.25, 0.3) is 10.0 Å². The van der Waals surface area contributed by atoms with Gasteiger partial charge in [-0.3, -0.25) is 0 Å². The lowest BCUT2D eigenvalue weighted by atomic mass is 10.2. The molecule has 1 aromatic carbocycles. The smallest absolute Gasteiger partial charge is 0.339 e. The number of rotatable bonds is 6. The van der Waals surface area contributed by atoms with Crippen LogP contribution in [0.5, 0.6) is 6.01 Å². The highest BCUT2D eigenvalue weighted by Gasteiger charge is 2.32. The number of methoxy groups -OCH3 is 2. The largest absolute Gasteiger partial charge is 0.467 e. The molecule has 2 rings (SSSR count). The van der Waals surface area contributed by atoms with Crippen molar-refractivity contribution in [3.8, 4) is 6.01 Å². The van der Waals surface area contributed by atoms with Crippen LogP contribution in [0, 0.1) is 6.92 Å². The number of esters is 1. The molecule has 0 saturated heterocycles. The number of sulfonamides is 1. The number of nitrogens with two attached hydrogens (primary N) is 1. The molecule has 11 nitrogen and oxygen atoms in total. The lowest BCUT2D eigenvalue weighted by Gasteiger charge is -2.21. The maximum Gasteiger partial charge on any atom is 0.339 e. The molecule has 1 heterocycles. The Labute approximate surface area is 155 Å². The fourth-order valence-corrected chi connectivity index (χ4v) is 3.61. The zero-order chi connectivity index (χ0) is 20.2. The van der Waals surface area contributed by atoms with Crippen molar-refractivity contribution in [1.82, 2.24) is 19.3 Å². The molecular weight excluding hydrogens is 378 g/mol. The van der Waals surface area contributed by atoms with Crippen LogP contribution < -0.4 is 10.5 Å². The molecule has 0 spiro atoms. The molecule has 1 aromatic heterocycles. The first-order valence-electron chi connectivity index (χ1n) is 7.45. The molecule has 0 saturated carbocycles. The van der Waals surface area contributed by atoms with Crippen LogP contribution in [-0.4, -0.2) is 53.9 Å². The predicted molar refractivity (Wildman–Crippen MR) is 91.2 cm³/mol. The van der Waals surface area contributed by atoms with Gasteiger partial charge in [-0.15, -0.1) is 0 Å². The Bertz CT molecular complexity index is 978. The van der Waals surface area contributed by atoms with Gasteiger partial charge >= 0.3 is 18.0 Å². The van der Waals surface area contributed by atoms with E-state index < -0.39 is 33.5 Å². The zero-order valence-electron chi connectivity index (χ0n) is 14.7. The number of aromatic nitrogens is 3. The third-order valence-electron chi connectivity index (χ3n) is 3.35. The molecule has 12 heteroatoms. The van der Waals surface area contributed by atoms with Crippen LogP contribution in [0.15, 0.2) is 29.2 Å². The van der Waals surface area contributed by atoms with Crippen LogP contribution in [0.2, 0.25) is 0 Å². The summed E-state index contributed by atoms with van der Waals surface area (Å²) in [4.78, 5) is 35.1. The second-order valence-corrected chi connectivity index (χ2v) is 6.95. The number of hydrogen-bond donors (Lipinski definition) is 1. The lowest BCUT2D eigenvalue weighted by Crippen LogP contribution is -2.41. The number of urea groups is 1. The van der Waals surface area contributed by atoms with Crippen molar-refractivity contribution in [3.05, 3.63) is 41.5 Å². The highest BCUT2D eigenvalue weighted by molar-refractivity contribution is 7.89. The van der Waals surface area contributed by atoms with Gasteiger partial charge in [-0.25, -0.2) is 27.3 Å². The van der Waals surface area contributed by atoms with Gasteiger partial charge in [0.15, 0.2) is 5.82 Å². The van der Waals surface area contributed by atoms with Crippen molar-refractivity contribution in [2.45, 2.75) is 18.4 Å². The van der Waals surface area contributed by atoms with Gasteiger partial charge in [0.2, 0.25) is 0 Å². The van der Waals surface area contributed by atoms with Crippen LogP contribution >= 0.6 is 0 Å². The fraction of sp³-hybridized carbons (Fsp3) is 0.267. The number of benzene rings is 1. The number of carbonyl (C=O) groups is 2. The monoisotopic (exact) mass is 395 g/mol. The summed E-state index contributed by atoms with van der Waals surface area (Å²) in [5, 5.41) is 0. The Morgan fingerprint density at radius 3 is 2.41 bits per heavy atom. The van der Waals surface area contributed by atoms with Crippen LogP contribution in [0.3, 0.4) is 0 Å². The number of aryl methyl sites for hydroxylation is 1. The van der Waals surface area contributed by atoms with E-state index in [9.17, 15) is 18.0 Å². The summed E-state index contributed by atoms with van der Waals surface area (Å²) < 4.78 is 35.8. The van der Waals surface area contributed by atoms with Crippen LogP contribution in [0.4, 0.5) is 4.79 Å². The first-order valence-corrected chi connectivity index (χ1v) is 8.89. The average Bonchev–Trinajstić information content (AvgIpc) is 2.64. The van der Waals surface area contributed by atoms with Gasteiger partial charge in [-0.05, 0) is 19.1 Å². The Morgan fingerprint density at radius 1 is 1.15 bits per heavy atom. The average molecular weight is 395 g/mol. The third-order valence-corrected chi connectivity index (χ3v) is 5.15. The molecule has 2 amide bonds. The summed E-state index contributed by atoms with van der Waals surface area (Å²) in [7, 11) is -2.06. The minimum Gasteiger partial charge on any atom is -0.467 e. The molecule has 0 atom stereocenters. The molecule has 2 N–H and O–H groups in total. The molecule has 0 radical (unpaired) electrons. The van der Waals surface area contributed by atoms with Gasteiger partial charge in [0, 0.05) is 0 Å². The molecule has 0 aliphatic heterocycles. The van der Waals surface area contributed by atoms with Crippen molar-refractivity contribution >= 4 is 22.0 Å². The number of amides is 2. The van der Waals surface area contributed by atoms with E-state index >= 15 is 0 Å². The van der Waals surface area contributed by atoms with E-state index in [1.165, 1.54) is 25.3 Å². The number of hydrogen-bond acceptors (Lipinski definition) is 9. The summed E-state index contributed by atoms with van der Waals surface area (Å²) in [5.74, 6) is -0.679. The summed E-state index contributed by atoms with van der Waals surface area (Å²) in [6.45, 7) is 0.969. The second kappa shape index (κ2) is 7.95. The predicted octanol–water partition coefficient (Wildman–Crippen LogP) is 0.245. The fourth-order valence-electron chi connectivity index (χ4n) is 2.17. The van der Waals surface area contributed by atoms with Crippen molar-refractivity contribution in [1.29, 1.82) is 0 Å². The van der Waals surface area contributed by atoms with Crippen LogP contribution in [-0.2, 0) is 21.3 Å². The maximum atomic E-state index is 13.0. The second-order valence-electron chi connectivity index (χ2n) is 5.12. The number of carbonyl (C=O) groups excluding carboxylic acids is 2. The van der Waals surface area contributed by atoms with Crippen LogP contribution in [0.1, 0.15) is 22.0 Å². The Kier molecular flexibility index (Phi) is 5.90. The first kappa shape index (κ1) is 20.0. The van der Waals surface area contributed by atoms with Crippen LogP contribution in [0.25, 0.3) is 0 Å². The van der Waals surface area contributed by atoms with E-state index in [4.69, 9.17) is 10.5 Å².